The van der Waals surface area contributed by atoms with E-state index in [9.17, 15) is 4.79 Å². The number of carbonyl (C=O) groups excluding carboxylic acids is 1. The van der Waals surface area contributed by atoms with Gasteiger partial charge in [-0.05, 0) is 44.6 Å². The molecule has 132 valence electrons. The number of thiazole rings is 1. The fraction of sp³-hybridized carbons (Fsp3) is 0.778. The Morgan fingerprint density at radius 3 is 2.83 bits per heavy atom. The highest BCUT2D eigenvalue weighted by Gasteiger charge is 2.42. The molecule has 4 heterocycles. The van der Waals surface area contributed by atoms with Crippen molar-refractivity contribution in [3.05, 3.63) is 16.1 Å². The lowest BCUT2D eigenvalue weighted by Gasteiger charge is -2.40. The number of rotatable bonds is 3. The molecule has 0 aromatic carbocycles. The lowest BCUT2D eigenvalue weighted by atomic mass is 9.77. The summed E-state index contributed by atoms with van der Waals surface area (Å²) in [6.07, 6.45) is 4.48. The minimum atomic E-state index is 0.118. The summed E-state index contributed by atoms with van der Waals surface area (Å²) in [6, 6.07) is 0. The van der Waals surface area contributed by atoms with Crippen LogP contribution in [0.25, 0.3) is 0 Å². The molecule has 5 nitrogen and oxygen atoms in total. The first-order chi connectivity index (χ1) is 11.6. The second-order valence-electron chi connectivity index (χ2n) is 7.70. The molecule has 1 amide bonds. The Hall–Kier alpha value is -0.980. The molecule has 0 radical (unpaired) electrons. The first-order valence-electron chi connectivity index (χ1n) is 9.13. The average Bonchev–Trinajstić information content (AvgIpc) is 3.31. The molecular weight excluding hydrogens is 322 g/mol. The molecule has 0 unspecified atom stereocenters. The number of nitrogens with zero attached hydrogens (tertiary/aromatic N) is 3. The molecule has 0 N–H and O–H groups in total. The van der Waals surface area contributed by atoms with Crippen LogP contribution in [0.2, 0.25) is 0 Å². The lowest BCUT2D eigenvalue weighted by Crippen LogP contribution is -2.46. The van der Waals surface area contributed by atoms with Gasteiger partial charge in [0, 0.05) is 38.2 Å². The van der Waals surface area contributed by atoms with Gasteiger partial charge in [-0.2, -0.15) is 0 Å². The molecule has 3 saturated heterocycles. The number of aryl methyl sites for hydroxylation is 1. The van der Waals surface area contributed by atoms with Crippen LogP contribution in [-0.2, 0) is 16.1 Å². The number of hydrogen-bond donors (Lipinski definition) is 0. The van der Waals surface area contributed by atoms with Crippen LogP contribution in [0.5, 0.6) is 0 Å². The zero-order valence-electron chi connectivity index (χ0n) is 14.5. The number of aromatic nitrogens is 1. The zero-order valence-corrected chi connectivity index (χ0v) is 15.3. The summed E-state index contributed by atoms with van der Waals surface area (Å²) in [7, 11) is 0. The summed E-state index contributed by atoms with van der Waals surface area (Å²) in [4.78, 5) is 21.8. The summed E-state index contributed by atoms with van der Waals surface area (Å²) < 4.78 is 5.38. The molecule has 0 bridgehead atoms. The third-order valence-corrected chi connectivity index (χ3v) is 6.81. The van der Waals surface area contributed by atoms with Crippen molar-refractivity contribution in [3.8, 4) is 0 Å². The van der Waals surface area contributed by atoms with Crippen molar-refractivity contribution in [2.75, 3.05) is 39.4 Å². The highest BCUT2D eigenvalue weighted by Crippen LogP contribution is 2.41. The molecule has 1 spiro atoms. The van der Waals surface area contributed by atoms with Crippen molar-refractivity contribution in [1.29, 1.82) is 0 Å². The van der Waals surface area contributed by atoms with Gasteiger partial charge in [0.25, 0.3) is 0 Å². The molecule has 24 heavy (non-hydrogen) atoms. The van der Waals surface area contributed by atoms with Crippen LogP contribution in [0.1, 0.15) is 36.4 Å². The minimum Gasteiger partial charge on any atom is -0.381 e. The second-order valence-corrected chi connectivity index (χ2v) is 8.77. The molecule has 3 fully saturated rings. The number of piperidine rings is 1. The number of likely N-dealkylation sites (tertiary alicyclic amines) is 2. The molecular formula is C18H27N3O2S. The Bertz CT molecular complexity index is 589. The van der Waals surface area contributed by atoms with Crippen molar-refractivity contribution in [2.45, 2.75) is 39.2 Å². The van der Waals surface area contributed by atoms with E-state index in [0.717, 1.165) is 57.1 Å². The Morgan fingerprint density at radius 1 is 1.38 bits per heavy atom. The standard InChI is InChI=1S/C18H27N3O2S/c1-14-19-16(12-24-14)10-20-6-3-18(13-20)4-7-21(8-5-18)17(22)15-2-9-23-11-15/h12,15H,2-11,13H2,1H3/t15-/m0/s1. The van der Waals surface area contributed by atoms with E-state index in [1.165, 1.54) is 18.7 Å². The predicted molar refractivity (Wildman–Crippen MR) is 93.9 cm³/mol. The summed E-state index contributed by atoms with van der Waals surface area (Å²) in [5.74, 6) is 0.446. The van der Waals surface area contributed by atoms with E-state index in [1.54, 1.807) is 11.3 Å². The number of hydrogen-bond acceptors (Lipinski definition) is 5. The molecule has 1 aromatic heterocycles. The Morgan fingerprint density at radius 2 is 2.17 bits per heavy atom. The molecule has 3 aliphatic rings. The van der Waals surface area contributed by atoms with Crippen molar-refractivity contribution in [1.82, 2.24) is 14.8 Å². The van der Waals surface area contributed by atoms with E-state index < -0.39 is 0 Å². The summed E-state index contributed by atoms with van der Waals surface area (Å²) in [5.41, 5.74) is 1.64. The maximum Gasteiger partial charge on any atom is 0.228 e. The second kappa shape index (κ2) is 6.73. The number of carbonyl (C=O) groups is 1. The number of ether oxygens (including phenoxy) is 1. The molecule has 1 atom stereocenters. The third kappa shape index (κ3) is 3.37. The molecule has 0 saturated carbocycles. The van der Waals surface area contributed by atoms with Gasteiger partial charge in [0.2, 0.25) is 5.91 Å². The van der Waals surface area contributed by atoms with E-state index in [2.05, 4.69) is 27.1 Å². The van der Waals surface area contributed by atoms with Crippen molar-refractivity contribution in [3.63, 3.8) is 0 Å². The smallest absolute Gasteiger partial charge is 0.228 e. The molecule has 3 aliphatic heterocycles. The molecule has 4 rings (SSSR count). The summed E-state index contributed by atoms with van der Waals surface area (Å²) in [6.45, 7) is 8.62. The third-order valence-electron chi connectivity index (χ3n) is 5.98. The molecule has 1 aromatic rings. The van der Waals surface area contributed by atoms with Gasteiger partial charge in [0.1, 0.15) is 0 Å². The van der Waals surface area contributed by atoms with Crippen LogP contribution >= 0.6 is 11.3 Å². The highest BCUT2D eigenvalue weighted by molar-refractivity contribution is 7.09. The fourth-order valence-electron chi connectivity index (χ4n) is 4.47. The van der Waals surface area contributed by atoms with E-state index in [1.807, 2.05) is 0 Å². The van der Waals surface area contributed by atoms with E-state index in [0.29, 0.717) is 17.9 Å². The SMILES string of the molecule is Cc1nc(CN2CCC3(CCN(C(=O)[C@H]4CCOC4)CC3)C2)cs1. The van der Waals surface area contributed by atoms with Crippen LogP contribution in [-0.4, -0.2) is 60.1 Å². The predicted octanol–water partition coefficient (Wildman–Crippen LogP) is 2.30. The van der Waals surface area contributed by atoms with Crippen LogP contribution in [0, 0.1) is 18.3 Å². The largest absolute Gasteiger partial charge is 0.381 e. The van der Waals surface area contributed by atoms with Gasteiger partial charge in [0.05, 0.1) is 23.2 Å². The van der Waals surface area contributed by atoms with Gasteiger partial charge >= 0.3 is 0 Å². The Kier molecular flexibility index (Phi) is 4.62. The highest BCUT2D eigenvalue weighted by atomic mass is 32.1. The van der Waals surface area contributed by atoms with Crippen LogP contribution in [0.15, 0.2) is 5.38 Å². The molecule has 0 aliphatic carbocycles. The van der Waals surface area contributed by atoms with Crippen molar-refractivity contribution >= 4 is 17.2 Å². The zero-order chi connectivity index (χ0) is 16.6. The minimum absolute atomic E-state index is 0.118. The summed E-state index contributed by atoms with van der Waals surface area (Å²) >= 11 is 1.74. The Labute approximate surface area is 148 Å². The van der Waals surface area contributed by atoms with Gasteiger partial charge in [-0.1, -0.05) is 0 Å². The van der Waals surface area contributed by atoms with Crippen LogP contribution < -0.4 is 0 Å². The first-order valence-corrected chi connectivity index (χ1v) is 10.0. The monoisotopic (exact) mass is 349 g/mol. The van der Waals surface area contributed by atoms with Gasteiger partial charge in [0.15, 0.2) is 0 Å². The first kappa shape index (κ1) is 16.5. The lowest BCUT2D eigenvalue weighted by molar-refractivity contribution is -0.137. The Balaban J connectivity index is 1.29. The van der Waals surface area contributed by atoms with Gasteiger partial charge in [-0.25, -0.2) is 4.98 Å². The van der Waals surface area contributed by atoms with E-state index >= 15 is 0 Å². The van der Waals surface area contributed by atoms with Crippen LogP contribution in [0.3, 0.4) is 0 Å². The van der Waals surface area contributed by atoms with E-state index in [4.69, 9.17) is 4.74 Å². The maximum absolute atomic E-state index is 12.5. The average molecular weight is 350 g/mol. The van der Waals surface area contributed by atoms with Gasteiger partial charge < -0.3 is 9.64 Å². The number of amides is 1. The van der Waals surface area contributed by atoms with Crippen LogP contribution in [0.4, 0.5) is 0 Å². The van der Waals surface area contributed by atoms with Crippen molar-refractivity contribution < 1.29 is 9.53 Å². The van der Waals surface area contributed by atoms with Crippen molar-refractivity contribution in [2.24, 2.45) is 11.3 Å². The topological polar surface area (TPSA) is 45.7 Å². The summed E-state index contributed by atoms with van der Waals surface area (Å²) in [5, 5.41) is 3.34. The maximum atomic E-state index is 12.5. The normalized spacial score (nSPS) is 27.2. The van der Waals surface area contributed by atoms with E-state index in [-0.39, 0.29) is 5.92 Å². The van der Waals surface area contributed by atoms with Gasteiger partial charge in [-0.3, -0.25) is 9.69 Å². The van der Waals surface area contributed by atoms with Gasteiger partial charge in [-0.15, -0.1) is 11.3 Å². The fourth-order valence-corrected chi connectivity index (χ4v) is 5.07. The molecule has 6 heteroatoms. The quantitative estimate of drug-likeness (QED) is 0.840.